The van der Waals surface area contributed by atoms with Gasteiger partial charge < -0.3 is 9.84 Å². The summed E-state index contributed by atoms with van der Waals surface area (Å²) >= 11 is 5.97. The number of benzene rings is 3. The smallest absolute Gasteiger partial charge is 0.327 e. The van der Waals surface area contributed by atoms with Gasteiger partial charge in [-0.1, -0.05) is 47.1 Å². The monoisotopic (exact) mass is 478 g/mol. The first-order chi connectivity index (χ1) is 16.4. The molecule has 1 aliphatic heterocycles. The molecule has 0 bridgehead atoms. The molecule has 4 aromatic rings. The van der Waals surface area contributed by atoms with Crippen molar-refractivity contribution in [3.05, 3.63) is 107 Å². The van der Waals surface area contributed by atoms with Crippen molar-refractivity contribution in [3.63, 3.8) is 0 Å². The molecule has 0 fully saturated rings. The lowest BCUT2D eigenvalue weighted by atomic mass is 9.94. The van der Waals surface area contributed by atoms with Gasteiger partial charge in [0.2, 0.25) is 5.82 Å². The highest BCUT2D eigenvalue weighted by Crippen LogP contribution is 2.39. The number of urea groups is 1. The van der Waals surface area contributed by atoms with Gasteiger partial charge in [-0.3, -0.25) is 4.90 Å². The number of nitrogens with zero attached hydrogens (tertiary/aromatic N) is 3. The fourth-order valence-corrected chi connectivity index (χ4v) is 4.07. The number of aromatic nitrogens is 2. The Labute approximate surface area is 198 Å². The molecule has 1 atom stereocenters. The highest BCUT2D eigenvalue weighted by Gasteiger charge is 2.36. The molecule has 1 N–H and O–H groups in total. The Balaban J connectivity index is 1.66. The number of halogens is 3. The van der Waals surface area contributed by atoms with Crippen molar-refractivity contribution >= 4 is 28.9 Å². The molecule has 2 heterocycles. The first kappa shape index (κ1) is 21.8. The summed E-state index contributed by atoms with van der Waals surface area (Å²) in [5.74, 6) is -1.10. The highest BCUT2D eigenvalue weighted by molar-refractivity contribution is 6.30. The molecular formula is C25H17ClF2N4O2. The van der Waals surface area contributed by atoms with Crippen LogP contribution in [0, 0.1) is 11.6 Å². The van der Waals surface area contributed by atoms with E-state index in [4.69, 9.17) is 16.1 Å². The van der Waals surface area contributed by atoms with Crippen molar-refractivity contribution in [1.82, 2.24) is 15.5 Å². The number of allylic oxidation sites excluding steroid dienone is 1. The quantitative estimate of drug-likeness (QED) is 0.370. The Hall–Kier alpha value is -4.04. The molecule has 0 saturated carbocycles. The molecule has 0 radical (unpaired) electrons. The van der Waals surface area contributed by atoms with E-state index < -0.39 is 23.7 Å². The average Bonchev–Trinajstić information content (AvgIpc) is 3.29. The first-order valence-electron chi connectivity index (χ1n) is 10.3. The molecule has 0 saturated heterocycles. The minimum atomic E-state index is -0.801. The second-order valence-electron chi connectivity index (χ2n) is 7.69. The second kappa shape index (κ2) is 8.72. The normalized spacial score (nSPS) is 16.1. The number of hydrogen-bond donors (Lipinski definition) is 1. The summed E-state index contributed by atoms with van der Waals surface area (Å²) in [4.78, 5) is 18.8. The fraction of sp³-hybridized carbons (Fsp3) is 0.0800. The number of hydrogen-bond acceptors (Lipinski definition) is 4. The summed E-state index contributed by atoms with van der Waals surface area (Å²) in [6, 6.07) is 17.9. The summed E-state index contributed by atoms with van der Waals surface area (Å²) in [7, 11) is 0. The van der Waals surface area contributed by atoms with Gasteiger partial charge in [-0.2, -0.15) is 4.98 Å². The van der Waals surface area contributed by atoms with Gasteiger partial charge in [0.05, 0.1) is 17.3 Å². The molecule has 1 aliphatic rings. The maximum atomic E-state index is 14.0. The largest absolute Gasteiger partial charge is 0.334 e. The van der Waals surface area contributed by atoms with Crippen LogP contribution in [0.3, 0.4) is 0 Å². The predicted octanol–water partition coefficient (Wildman–Crippen LogP) is 6.37. The maximum Gasteiger partial charge on any atom is 0.327 e. The number of carbonyl (C=O) groups is 1. The number of carbonyl (C=O) groups excluding carboxylic acids is 1. The number of nitrogens with one attached hydrogen (secondary N) is 1. The third-order valence-electron chi connectivity index (χ3n) is 5.48. The van der Waals surface area contributed by atoms with Gasteiger partial charge in [-0.05, 0) is 48.9 Å². The molecule has 34 heavy (non-hydrogen) atoms. The van der Waals surface area contributed by atoms with Crippen LogP contribution < -0.4 is 10.2 Å². The lowest BCUT2D eigenvalue weighted by Gasteiger charge is -2.35. The third kappa shape index (κ3) is 4.04. The van der Waals surface area contributed by atoms with E-state index in [1.165, 1.54) is 4.90 Å². The van der Waals surface area contributed by atoms with Crippen molar-refractivity contribution < 1.29 is 18.1 Å². The van der Waals surface area contributed by atoms with E-state index in [2.05, 4.69) is 15.5 Å². The summed E-state index contributed by atoms with van der Waals surface area (Å²) in [6.45, 7) is 1.67. The number of amides is 2. The van der Waals surface area contributed by atoms with Gasteiger partial charge in [-0.15, -0.1) is 0 Å². The first-order valence-corrected chi connectivity index (χ1v) is 10.7. The topological polar surface area (TPSA) is 71.3 Å². The van der Waals surface area contributed by atoms with E-state index in [1.807, 2.05) is 30.3 Å². The van der Waals surface area contributed by atoms with Crippen LogP contribution in [0.1, 0.15) is 24.4 Å². The summed E-state index contributed by atoms with van der Waals surface area (Å²) in [6.07, 6.45) is 0. The summed E-state index contributed by atoms with van der Waals surface area (Å²) in [5, 5.41) is 7.55. The molecule has 170 valence electrons. The number of rotatable bonds is 4. The second-order valence-corrected chi connectivity index (χ2v) is 8.12. The van der Waals surface area contributed by atoms with Crippen LogP contribution in [0.25, 0.3) is 17.0 Å². The SMILES string of the molecule is CC1=C(c2nc(-c3ccc(Cl)cc3)no2)C(c2ccccc2)NC(=O)N1c1cc(F)cc(F)c1. The van der Waals surface area contributed by atoms with E-state index in [1.54, 1.807) is 31.2 Å². The lowest BCUT2D eigenvalue weighted by molar-refractivity contribution is 0.244. The zero-order valence-electron chi connectivity index (χ0n) is 17.8. The van der Waals surface area contributed by atoms with Crippen LogP contribution in [0.2, 0.25) is 5.02 Å². The molecule has 0 aliphatic carbocycles. The third-order valence-corrected chi connectivity index (χ3v) is 5.73. The Morgan fingerprint density at radius 2 is 1.68 bits per heavy atom. The molecule has 2 amide bonds. The Morgan fingerprint density at radius 3 is 2.35 bits per heavy atom. The van der Waals surface area contributed by atoms with Crippen LogP contribution >= 0.6 is 11.6 Å². The summed E-state index contributed by atoms with van der Waals surface area (Å²) in [5.41, 5.74) is 2.41. The molecule has 3 aromatic carbocycles. The molecule has 0 spiro atoms. The van der Waals surface area contributed by atoms with Gasteiger partial charge in [0, 0.05) is 22.3 Å². The van der Waals surface area contributed by atoms with Gasteiger partial charge in [0.25, 0.3) is 5.89 Å². The van der Waals surface area contributed by atoms with Gasteiger partial charge in [0.15, 0.2) is 0 Å². The van der Waals surface area contributed by atoms with E-state index >= 15 is 0 Å². The van der Waals surface area contributed by atoms with Crippen molar-refractivity contribution in [2.75, 3.05) is 4.90 Å². The van der Waals surface area contributed by atoms with Crippen LogP contribution in [0.5, 0.6) is 0 Å². The molecular weight excluding hydrogens is 462 g/mol. The van der Waals surface area contributed by atoms with Crippen LogP contribution in [0.15, 0.2) is 83.0 Å². The van der Waals surface area contributed by atoms with Crippen molar-refractivity contribution in [3.8, 4) is 11.4 Å². The van der Waals surface area contributed by atoms with Gasteiger partial charge in [0.1, 0.15) is 11.6 Å². The predicted molar refractivity (Wildman–Crippen MR) is 124 cm³/mol. The van der Waals surface area contributed by atoms with Crippen LogP contribution in [-0.2, 0) is 0 Å². The summed E-state index contributed by atoms with van der Waals surface area (Å²) < 4.78 is 33.5. The zero-order chi connectivity index (χ0) is 23.8. The van der Waals surface area contributed by atoms with Crippen molar-refractivity contribution in [1.29, 1.82) is 0 Å². The highest BCUT2D eigenvalue weighted by atomic mass is 35.5. The van der Waals surface area contributed by atoms with Crippen molar-refractivity contribution in [2.45, 2.75) is 13.0 Å². The minimum Gasteiger partial charge on any atom is -0.334 e. The molecule has 1 aromatic heterocycles. The van der Waals surface area contributed by atoms with Crippen LogP contribution in [0.4, 0.5) is 19.3 Å². The Morgan fingerprint density at radius 1 is 1.00 bits per heavy atom. The lowest BCUT2D eigenvalue weighted by Crippen LogP contribution is -2.46. The van der Waals surface area contributed by atoms with Gasteiger partial charge in [-0.25, -0.2) is 13.6 Å². The van der Waals surface area contributed by atoms with Crippen LogP contribution in [-0.4, -0.2) is 16.2 Å². The average molecular weight is 479 g/mol. The van der Waals surface area contributed by atoms with E-state index in [9.17, 15) is 13.6 Å². The molecule has 5 rings (SSSR count). The maximum absolute atomic E-state index is 14.0. The zero-order valence-corrected chi connectivity index (χ0v) is 18.6. The van der Waals surface area contributed by atoms with E-state index in [-0.39, 0.29) is 11.6 Å². The fourth-order valence-electron chi connectivity index (χ4n) is 3.94. The molecule has 9 heteroatoms. The van der Waals surface area contributed by atoms with Gasteiger partial charge >= 0.3 is 6.03 Å². The minimum absolute atomic E-state index is 0.0361. The van der Waals surface area contributed by atoms with E-state index in [0.29, 0.717) is 27.7 Å². The molecule has 6 nitrogen and oxygen atoms in total. The van der Waals surface area contributed by atoms with Crippen molar-refractivity contribution in [2.24, 2.45) is 0 Å². The Kier molecular flexibility index (Phi) is 5.59. The standard InChI is InChI=1S/C25H17ClF2N4O2/c1-14-21(24-30-23(31-34-24)16-7-9-17(26)10-8-16)22(15-5-3-2-4-6-15)29-25(33)32(14)20-12-18(27)11-19(28)13-20/h2-13,22H,1H3,(H,29,33). The number of anilines is 1. The van der Waals surface area contributed by atoms with E-state index in [0.717, 1.165) is 23.8 Å². The molecule has 1 unspecified atom stereocenters. The Bertz CT molecular complexity index is 1380.